The van der Waals surface area contributed by atoms with Crippen LogP contribution in [-0.4, -0.2) is 34.8 Å². The molecule has 0 amide bonds. The number of nitrogens with zero attached hydrogens (tertiary/aromatic N) is 1. The molecular formula is C18H23NO3S. The van der Waals surface area contributed by atoms with Crippen molar-refractivity contribution in [3.05, 3.63) is 46.2 Å². The number of phenols is 1. The summed E-state index contributed by atoms with van der Waals surface area (Å²) in [6, 6.07) is 9.91. The predicted octanol–water partition coefficient (Wildman–Crippen LogP) is 3.55. The molecular weight excluding hydrogens is 310 g/mol. The minimum atomic E-state index is -0.403. The number of hydrogen-bond acceptors (Lipinski definition) is 5. The third-order valence-electron chi connectivity index (χ3n) is 4.54. The van der Waals surface area contributed by atoms with Crippen molar-refractivity contribution in [1.82, 2.24) is 4.90 Å². The first-order valence-electron chi connectivity index (χ1n) is 7.99. The van der Waals surface area contributed by atoms with Crippen LogP contribution in [0, 0.1) is 0 Å². The maximum Gasteiger partial charge on any atom is 0.162 e. The zero-order chi connectivity index (χ0) is 16.2. The molecule has 2 atom stereocenters. The van der Waals surface area contributed by atoms with Gasteiger partial charge in [-0.1, -0.05) is 18.2 Å². The summed E-state index contributed by atoms with van der Waals surface area (Å²) < 4.78 is 5.18. The van der Waals surface area contributed by atoms with E-state index in [-0.39, 0.29) is 5.75 Å². The van der Waals surface area contributed by atoms with Crippen molar-refractivity contribution in [2.75, 3.05) is 13.7 Å². The van der Waals surface area contributed by atoms with E-state index in [1.807, 2.05) is 29.6 Å². The fraction of sp³-hybridized carbons (Fsp3) is 0.444. The molecule has 1 aromatic carbocycles. The quantitative estimate of drug-likeness (QED) is 0.849. The Kier molecular flexibility index (Phi) is 5.20. The van der Waals surface area contributed by atoms with Crippen LogP contribution >= 0.6 is 11.3 Å². The lowest BCUT2D eigenvalue weighted by atomic mass is 10.0. The molecule has 0 spiro atoms. The van der Waals surface area contributed by atoms with Crippen LogP contribution in [-0.2, 0) is 6.54 Å². The second-order valence-corrected chi connectivity index (χ2v) is 6.98. The van der Waals surface area contributed by atoms with Crippen molar-refractivity contribution in [3.63, 3.8) is 0 Å². The fourth-order valence-electron chi connectivity index (χ4n) is 3.30. The first-order chi connectivity index (χ1) is 11.2. The van der Waals surface area contributed by atoms with E-state index in [0.29, 0.717) is 18.3 Å². The highest BCUT2D eigenvalue weighted by atomic mass is 32.1. The van der Waals surface area contributed by atoms with E-state index < -0.39 is 6.10 Å². The van der Waals surface area contributed by atoms with Gasteiger partial charge in [-0.3, -0.25) is 4.90 Å². The highest BCUT2D eigenvalue weighted by molar-refractivity contribution is 7.10. The topological polar surface area (TPSA) is 52.9 Å². The van der Waals surface area contributed by atoms with Gasteiger partial charge in [-0.2, -0.15) is 0 Å². The second-order valence-electron chi connectivity index (χ2n) is 6.00. The summed E-state index contributed by atoms with van der Waals surface area (Å²) in [5.74, 6) is 0.733. The Bertz CT molecular complexity index is 629. The van der Waals surface area contributed by atoms with Crippen molar-refractivity contribution in [1.29, 1.82) is 0 Å². The molecule has 0 bridgehead atoms. The molecule has 0 radical (unpaired) electrons. The van der Waals surface area contributed by atoms with Crippen molar-refractivity contribution < 1.29 is 14.9 Å². The minimum absolute atomic E-state index is 0.222. The highest BCUT2D eigenvalue weighted by Crippen LogP contribution is 2.34. The Morgan fingerprint density at radius 1 is 1.35 bits per heavy atom. The Hall–Kier alpha value is -1.56. The van der Waals surface area contributed by atoms with Crippen LogP contribution < -0.4 is 4.74 Å². The number of methoxy groups -OCH3 is 1. The average Bonchev–Trinajstić information content (AvgIpc) is 3.22. The van der Waals surface area contributed by atoms with Crippen molar-refractivity contribution in [3.8, 4) is 11.5 Å². The molecule has 2 N–H and O–H groups in total. The largest absolute Gasteiger partial charge is 0.504 e. The van der Waals surface area contributed by atoms with Gasteiger partial charge in [-0.05, 0) is 43.3 Å². The maximum absolute atomic E-state index is 10.4. The van der Waals surface area contributed by atoms with E-state index in [2.05, 4.69) is 4.90 Å². The maximum atomic E-state index is 10.4. The molecule has 0 saturated carbocycles. The summed E-state index contributed by atoms with van der Waals surface area (Å²) in [4.78, 5) is 3.38. The number of thiophene rings is 1. The predicted molar refractivity (Wildman–Crippen MR) is 92.0 cm³/mol. The van der Waals surface area contributed by atoms with Gasteiger partial charge < -0.3 is 14.9 Å². The number of aliphatic hydroxyl groups excluding tert-OH is 1. The van der Waals surface area contributed by atoms with E-state index in [1.54, 1.807) is 24.5 Å². The summed E-state index contributed by atoms with van der Waals surface area (Å²) in [6.07, 6.45) is 2.56. The number of hydrogen-bond donors (Lipinski definition) is 2. The van der Waals surface area contributed by atoms with Gasteiger partial charge in [0.2, 0.25) is 0 Å². The number of ether oxygens (including phenoxy) is 1. The first-order valence-corrected chi connectivity index (χ1v) is 8.87. The zero-order valence-electron chi connectivity index (χ0n) is 13.3. The average molecular weight is 333 g/mol. The molecule has 1 saturated heterocycles. The number of para-hydroxylation sites is 1. The number of aromatic hydroxyl groups is 1. The normalized spacial score (nSPS) is 19.8. The number of rotatable bonds is 6. The third kappa shape index (κ3) is 3.68. The molecule has 4 nitrogen and oxygen atoms in total. The van der Waals surface area contributed by atoms with Crippen LogP contribution in [0.4, 0.5) is 0 Å². The number of likely N-dealkylation sites (tertiary alicyclic amines) is 1. The molecule has 1 aliphatic rings. The van der Waals surface area contributed by atoms with Crippen LogP contribution in [0.3, 0.4) is 0 Å². The minimum Gasteiger partial charge on any atom is -0.504 e. The second kappa shape index (κ2) is 7.34. The number of phenolic OH excluding ortho intramolecular Hbond substituents is 1. The number of benzene rings is 1. The van der Waals surface area contributed by atoms with Gasteiger partial charge in [0.15, 0.2) is 11.5 Å². The van der Waals surface area contributed by atoms with Crippen molar-refractivity contribution in [2.45, 2.75) is 38.0 Å². The summed E-state index contributed by atoms with van der Waals surface area (Å²) in [6.45, 7) is 1.68. The van der Waals surface area contributed by atoms with Crippen molar-refractivity contribution in [2.24, 2.45) is 0 Å². The molecule has 2 aromatic rings. The standard InChI is InChI=1S/C18H23NO3S/c1-22-16-7-2-5-13(18(16)21)12-19-9-3-6-14(19)11-15(20)17-8-4-10-23-17/h2,4-5,7-8,10,14-15,20-21H,3,6,9,11-12H2,1H3. The summed E-state index contributed by atoms with van der Waals surface area (Å²) in [7, 11) is 1.56. The summed E-state index contributed by atoms with van der Waals surface area (Å²) >= 11 is 1.60. The van der Waals surface area contributed by atoms with Crippen LogP contribution in [0.15, 0.2) is 35.7 Å². The summed E-state index contributed by atoms with van der Waals surface area (Å²) in [5, 5.41) is 22.7. The lowest BCUT2D eigenvalue weighted by Gasteiger charge is -2.26. The van der Waals surface area contributed by atoms with Gasteiger partial charge in [-0.25, -0.2) is 0 Å². The van der Waals surface area contributed by atoms with E-state index in [9.17, 15) is 10.2 Å². The van der Waals surface area contributed by atoms with Gasteiger partial charge in [0.25, 0.3) is 0 Å². The lowest BCUT2D eigenvalue weighted by Crippen LogP contribution is -2.30. The molecule has 2 heterocycles. The molecule has 2 unspecified atom stereocenters. The van der Waals surface area contributed by atoms with E-state index >= 15 is 0 Å². The SMILES string of the molecule is COc1cccc(CN2CCCC2CC(O)c2cccs2)c1O. The van der Waals surface area contributed by atoms with Crippen LogP contribution in [0.2, 0.25) is 0 Å². The zero-order valence-corrected chi connectivity index (χ0v) is 14.1. The van der Waals surface area contributed by atoms with E-state index in [0.717, 1.165) is 36.2 Å². The number of aliphatic hydroxyl groups is 1. The molecule has 1 aliphatic heterocycles. The molecule has 124 valence electrons. The smallest absolute Gasteiger partial charge is 0.162 e. The lowest BCUT2D eigenvalue weighted by molar-refractivity contribution is 0.120. The van der Waals surface area contributed by atoms with Crippen LogP contribution in [0.5, 0.6) is 11.5 Å². The van der Waals surface area contributed by atoms with Crippen LogP contribution in [0.25, 0.3) is 0 Å². The Morgan fingerprint density at radius 3 is 2.96 bits per heavy atom. The molecule has 1 fully saturated rings. The molecule has 1 aromatic heterocycles. The monoisotopic (exact) mass is 333 g/mol. The molecule has 23 heavy (non-hydrogen) atoms. The molecule has 0 aliphatic carbocycles. The third-order valence-corrected chi connectivity index (χ3v) is 5.52. The first kappa shape index (κ1) is 16.3. The van der Waals surface area contributed by atoms with Crippen LogP contribution in [0.1, 0.15) is 35.8 Å². The Labute approximate surface area is 141 Å². The Morgan fingerprint density at radius 2 is 2.22 bits per heavy atom. The van der Waals surface area contributed by atoms with Gasteiger partial charge >= 0.3 is 0 Å². The highest BCUT2D eigenvalue weighted by Gasteiger charge is 2.28. The van der Waals surface area contributed by atoms with E-state index in [4.69, 9.17) is 4.74 Å². The van der Waals surface area contributed by atoms with Gasteiger partial charge in [0, 0.05) is 23.0 Å². The van der Waals surface area contributed by atoms with E-state index in [1.165, 1.54) is 0 Å². The summed E-state index contributed by atoms with van der Waals surface area (Å²) in [5.41, 5.74) is 0.877. The van der Waals surface area contributed by atoms with Gasteiger partial charge in [-0.15, -0.1) is 11.3 Å². The Balaban J connectivity index is 1.67. The van der Waals surface area contributed by atoms with Gasteiger partial charge in [0.05, 0.1) is 13.2 Å². The van der Waals surface area contributed by atoms with Gasteiger partial charge in [0.1, 0.15) is 0 Å². The molecule has 5 heteroatoms. The van der Waals surface area contributed by atoms with Crippen molar-refractivity contribution >= 4 is 11.3 Å². The molecule has 3 rings (SSSR count). The fourth-order valence-corrected chi connectivity index (χ4v) is 4.03.